The summed E-state index contributed by atoms with van der Waals surface area (Å²) in [5.74, 6) is 2.01. The molecule has 1 unspecified atom stereocenters. The number of amides is 2. The van der Waals surface area contributed by atoms with E-state index in [9.17, 15) is 4.79 Å². The summed E-state index contributed by atoms with van der Waals surface area (Å²) in [4.78, 5) is 19.1. The Morgan fingerprint density at radius 2 is 2.03 bits per heavy atom. The summed E-state index contributed by atoms with van der Waals surface area (Å²) in [6.07, 6.45) is 2.67. The number of methoxy groups -OCH3 is 3. The van der Waals surface area contributed by atoms with Crippen LogP contribution in [-0.4, -0.2) is 62.2 Å². The van der Waals surface area contributed by atoms with Crippen LogP contribution in [0.25, 0.3) is 0 Å². The highest BCUT2D eigenvalue weighted by Crippen LogP contribution is 2.32. The van der Waals surface area contributed by atoms with Gasteiger partial charge in [0.05, 0.1) is 33.5 Å². The molecule has 0 bridgehead atoms. The molecule has 3 rings (SSSR count). The fourth-order valence-corrected chi connectivity index (χ4v) is 3.32. The second-order valence-electron chi connectivity index (χ2n) is 6.80. The van der Waals surface area contributed by atoms with Crippen LogP contribution >= 0.6 is 0 Å². The van der Waals surface area contributed by atoms with Gasteiger partial charge in [-0.1, -0.05) is 5.16 Å². The van der Waals surface area contributed by atoms with Gasteiger partial charge in [-0.25, -0.2) is 4.79 Å². The number of benzene rings is 1. The zero-order valence-corrected chi connectivity index (χ0v) is 17.6. The molecule has 1 aliphatic rings. The smallest absolute Gasteiger partial charge is 0.322 e. The van der Waals surface area contributed by atoms with Crippen LogP contribution in [0.2, 0.25) is 0 Å². The van der Waals surface area contributed by atoms with Crippen LogP contribution in [0.4, 0.5) is 10.5 Å². The van der Waals surface area contributed by atoms with E-state index in [1.807, 2.05) is 0 Å². The Bertz CT molecular complexity index is 827. The number of ether oxygens (including phenoxy) is 4. The van der Waals surface area contributed by atoms with Crippen LogP contribution in [0.5, 0.6) is 11.5 Å². The van der Waals surface area contributed by atoms with E-state index in [1.165, 1.54) is 0 Å². The molecule has 2 amide bonds. The number of hydrogen-bond donors (Lipinski definition) is 1. The van der Waals surface area contributed by atoms with E-state index in [2.05, 4.69) is 15.5 Å². The van der Waals surface area contributed by atoms with Crippen molar-refractivity contribution in [2.45, 2.75) is 31.9 Å². The van der Waals surface area contributed by atoms with Crippen LogP contribution in [0.3, 0.4) is 0 Å². The average molecular weight is 420 g/mol. The molecule has 1 aliphatic heterocycles. The Morgan fingerprint density at radius 1 is 1.20 bits per heavy atom. The Balaban J connectivity index is 1.66. The van der Waals surface area contributed by atoms with Gasteiger partial charge in [0.2, 0.25) is 0 Å². The van der Waals surface area contributed by atoms with Gasteiger partial charge in [0.15, 0.2) is 17.3 Å². The third-order valence-corrected chi connectivity index (χ3v) is 4.84. The van der Waals surface area contributed by atoms with Crippen molar-refractivity contribution in [2.75, 3.05) is 46.4 Å². The molecule has 1 aromatic carbocycles. The maximum atomic E-state index is 13.0. The molecule has 0 spiro atoms. The molecule has 164 valence electrons. The first-order valence-corrected chi connectivity index (χ1v) is 9.85. The van der Waals surface area contributed by atoms with Gasteiger partial charge < -0.3 is 33.7 Å². The van der Waals surface area contributed by atoms with Crippen LogP contribution in [0.1, 0.15) is 37.0 Å². The molecular weight excluding hydrogens is 392 g/mol. The summed E-state index contributed by atoms with van der Waals surface area (Å²) < 4.78 is 26.2. The number of piperidine rings is 1. The molecule has 2 aromatic rings. The van der Waals surface area contributed by atoms with Gasteiger partial charge in [-0.15, -0.1) is 0 Å². The lowest BCUT2D eigenvalue weighted by atomic mass is 10.0. The molecule has 1 atom stereocenters. The summed E-state index contributed by atoms with van der Waals surface area (Å²) >= 11 is 0. The first-order valence-electron chi connectivity index (χ1n) is 9.85. The lowest BCUT2D eigenvalue weighted by molar-refractivity contribution is 0.0494. The molecule has 0 radical (unpaired) electrons. The highest BCUT2D eigenvalue weighted by atomic mass is 16.5. The van der Waals surface area contributed by atoms with Crippen molar-refractivity contribution in [3.05, 3.63) is 29.9 Å². The van der Waals surface area contributed by atoms with Gasteiger partial charge in [0.25, 0.3) is 5.89 Å². The predicted molar refractivity (Wildman–Crippen MR) is 108 cm³/mol. The van der Waals surface area contributed by atoms with Gasteiger partial charge in [-0.3, -0.25) is 0 Å². The second-order valence-corrected chi connectivity index (χ2v) is 6.80. The molecule has 1 N–H and O–H groups in total. The number of carbonyl (C=O) groups is 1. The van der Waals surface area contributed by atoms with Crippen molar-refractivity contribution < 1.29 is 28.3 Å². The van der Waals surface area contributed by atoms with Gasteiger partial charge in [0, 0.05) is 25.4 Å². The lowest BCUT2D eigenvalue weighted by Crippen LogP contribution is -2.41. The zero-order valence-electron chi connectivity index (χ0n) is 17.6. The molecule has 30 heavy (non-hydrogen) atoms. The molecule has 1 saturated heterocycles. The van der Waals surface area contributed by atoms with Crippen LogP contribution in [0, 0.1) is 0 Å². The van der Waals surface area contributed by atoms with Gasteiger partial charge >= 0.3 is 6.03 Å². The molecule has 0 aliphatic carbocycles. The van der Waals surface area contributed by atoms with E-state index in [0.29, 0.717) is 48.7 Å². The van der Waals surface area contributed by atoms with E-state index < -0.39 is 0 Å². The fraction of sp³-hybridized carbons (Fsp3) is 0.550. The van der Waals surface area contributed by atoms with Crippen LogP contribution in [0.15, 0.2) is 22.7 Å². The Hall–Kier alpha value is -2.85. The monoisotopic (exact) mass is 420 g/mol. The number of nitrogens with one attached hydrogen (secondary N) is 1. The Labute approximate surface area is 175 Å². The van der Waals surface area contributed by atoms with Crippen molar-refractivity contribution in [1.82, 2.24) is 15.0 Å². The van der Waals surface area contributed by atoms with E-state index >= 15 is 0 Å². The molecule has 0 saturated carbocycles. The predicted octanol–water partition coefficient (Wildman–Crippen LogP) is 3.01. The van der Waals surface area contributed by atoms with Crippen LogP contribution in [-0.2, 0) is 16.1 Å². The largest absolute Gasteiger partial charge is 0.493 e. The van der Waals surface area contributed by atoms with Gasteiger partial charge in [-0.2, -0.15) is 4.98 Å². The minimum atomic E-state index is -0.254. The maximum Gasteiger partial charge on any atom is 0.322 e. The molecular formula is C20H28N4O6. The number of carbonyl (C=O) groups excluding carboxylic acids is 1. The number of urea groups is 1. The zero-order chi connectivity index (χ0) is 21.3. The highest BCUT2D eigenvalue weighted by Gasteiger charge is 2.31. The highest BCUT2D eigenvalue weighted by molar-refractivity contribution is 5.90. The third-order valence-electron chi connectivity index (χ3n) is 4.84. The number of likely N-dealkylation sites (tertiary alicyclic amines) is 1. The summed E-state index contributed by atoms with van der Waals surface area (Å²) in [5.41, 5.74) is 0.613. The second kappa shape index (κ2) is 10.8. The van der Waals surface area contributed by atoms with Crippen molar-refractivity contribution in [2.24, 2.45) is 0 Å². The van der Waals surface area contributed by atoms with Gasteiger partial charge in [-0.05, 0) is 31.4 Å². The quantitative estimate of drug-likeness (QED) is 0.617. The number of anilines is 1. The number of nitrogens with zero attached hydrogens (tertiary/aromatic N) is 3. The Morgan fingerprint density at radius 3 is 2.80 bits per heavy atom. The minimum absolute atomic E-state index is 0.209. The average Bonchev–Trinajstić information content (AvgIpc) is 3.25. The number of hydrogen-bond acceptors (Lipinski definition) is 8. The molecule has 2 heterocycles. The summed E-state index contributed by atoms with van der Waals surface area (Å²) in [5, 5.41) is 6.99. The first kappa shape index (κ1) is 21.8. The van der Waals surface area contributed by atoms with Gasteiger partial charge in [0.1, 0.15) is 6.61 Å². The first-order chi connectivity index (χ1) is 14.7. The van der Waals surface area contributed by atoms with E-state index in [1.54, 1.807) is 44.4 Å². The van der Waals surface area contributed by atoms with Crippen molar-refractivity contribution in [1.29, 1.82) is 0 Å². The SMILES string of the molecule is COCCOCc1nc(C2CCCCN2C(=O)Nc2ccc(OC)c(OC)c2)no1. The molecule has 10 heteroatoms. The van der Waals surface area contributed by atoms with Crippen LogP contribution < -0.4 is 14.8 Å². The summed E-state index contributed by atoms with van der Waals surface area (Å²) in [6.45, 7) is 1.75. The lowest BCUT2D eigenvalue weighted by Gasteiger charge is -2.33. The Kier molecular flexibility index (Phi) is 7.86. The number of rotatable bonds is 9. The summed E-state index contributed by atoms with van der Waals surface area (Å²) in [7, 11) is 4.73. The topological polar surface area (TPSA) is 108 Å². The molecule has 10 nitrogen and oxygen atoms in total. The minimum Gasteiger partial charge on any atom is -0.493 e. The summed E-state index contributed by atoms with van der Waals surface area (Å²) in [6, 6.07) is 4.75. The van der Waals surface area contributed by atoms with Crippen molar-refractivity contribution in [3.8, 4) is 11.5 Å². The molecule has 1 aromatic heterocycles. The molecule has 1 fully saturated rings. The fourth-order valence-electron chi connectivity index (χ4n) is 3.32. The van der Waals surface area contributed by atoms with E-state index in [-0.39, 0.29) is 18.7 Å². The normalized spacial score (nSPS) is 16.4. The third kappa shape index (κ3) is 5.39. The van der Waals surface area contributed by atoms with Crippen molar-refractivity contribution >= 4 is 11.7 Å². The van der Waals surface area contributed by atoms with Crippen molar-refractivity contribution in [3.63, 3.8) is 0 Å². The van der Waals surface area contributed by atoms with E-state index in [4.69, 9.17) is 23.5 Å². The number of aromatic nitrogens is 2. The van der Waals surface area contributed by atoms with E-state index in [0.717, 1.165) is 19.3 Å². The maximum absolute atomic E-state index is 13.0. The standard InChI is InChI=1S/C20H28N4O6/c1-26-10-11-29-13-18-22-19(23-30-18)15-6-4-5-9-24(15)20(25)21-14-7-8-16(27-2)17(12-14)28-3/h7-8,12,15H,4-6,9-11,13H2,1-3H3,(H,21,25).